The summed E-state index contributed by atoms with van der Waals surface area (Å²) >= 11 is 0. The fraction of sp³-hybridized carbons (Fsp3) is 0.318. The summed E-state index contributed by atoms with van der Waals surface area (Å²) in [6.07, 6.45) is 0.926. The molecule has 0 radical (unpaired) electrons. The van der Waals surface area contributed by atoms with Crippen LogP contribution in [0.15, 0.2) is 47.4 Å². The Hall–Kier alpha value is -3.60. The number of carbonyl (C=O) groups excluding carboxylic acids is 2. The third kappa shape index (κ3) is 5.80. The van der Waals surface area contributed by atoms with Crippen LogP contribution in [-0.4, -0.2) is 55.9 Å². The van der Waals surface area contributed by atoms with Crippen molar-refractivity contribution in [2.24, 2.45) is 11.7 Å². The van der Waals surface area contributed by atoms with Crippen molar-refractivity contribution in [1.29, 1.82) is 0 Å². The molecular weight excluding hydrogens is 450 g/mol. The molecule has 0 atom stereocenters. The standard InChI is InChI=1S/C22H25N3O7S/c1-14-12-16(6-7-19(14)32-13-20(26)27)33(30,31)24-18-5-3-2-4-17(18)22(29)25-10-8-15(9-11-25)21(23)28/h2-7,12,15,24H,8-11,13H2,1H3,(H2,23,28)(H,26,27). The number of carboxylic acid groups (broad SMARTS) is 1. The van der Waals surface area contributed by atoms with E-state index in [1.54, 1.807) is 24.0 Å². The minimum atomic E-state index is -4.04. The van der Waals surface area contributed by atoms with E-state index in [9.17, 15) is 22.8 Å². The molecule has 1 fully saturated rings. The molecule has 11 heteroatoms. The number of benzene rings is 2. The number of ether oxygens (including phenoxy) is 1. The molecule has 2 aromatic carbocycles. The average Bonchev–Trinajstić information content (AvgIpc) is 2.78. The third-order valence-corrected chi connectivity index (χ3v) is 6.76. The SMILES string of the molecule is Cc1cc(S(=O)(=O)Nc2ccccc2C(=O)N2CCC(C(N)=O)CC2)ccc1OCC(=O)O. The number of nitrogens with zero attached hydrogens (tertiary/aromatic N) is 1. The van der Waals surface area contributed by atoms with Gasteiger partial charge in [0.1, 0.15) is 5.75 Å². The van der Waals surface area contributed by atoms with Crippen molar-refractivity contribution in [3.63, 3.8) is 0 Å². The maximum absolute atomic E-state index is 13.1. The Balaban J connectivity index is 1.78. The molecule has 0 saturated carbocycles. The fourth-order valence-electron chi connectivity index (χ4n) is 3.59. The lowest BCUT2D eigenvalue weighted by molar-refractivity contribution is -0.139. The van der Waals surface area contributed by atoms with E-state index in [1.165, 1.54) is 30.3 Å². The molecule has 2 aromatic rings. The number of primary amides is 1. The Morgan fingerprint density at radius 2 is 1.82 bits per heavy atom. The number of hydrogen-bond acceptors (Lipinski definition) is 6. The molecule has 4 N–H and O–H groups in total. The first-order chi connectivity index (χ1) is 15.6. The maximum Gasteiger partial charge on any atom is 0.341 e. The summed E-state index contributed by atoms with van der Waals surface area (Å²) in [4.78, 5) is 36.6. The number of rotatable bonds is 8. The van der Waals surface area contributed by atoms with E-state index in [0.717, 1.165) is 0 Å². The van der Waals surface area contributed by atoms with Crippen molar-refractivity contribution in [2.45, 2.75) is 24.7 Å². The lowest BCUT2D eigenvalue weighted by atomic mass is 9.96. The zero-order valence-corrected chi connectivity index (χ0v) is 18.8. The molecule has 1 aliphatic heterocycles. The summed E-state index contributed by atoms with van der Waals surface area (Å²) < 4.78 is 33.5. The molecule has 3 rings (SSSR count). The summed E-state index contributed by atoms with van der Waals surface area (Å²) in [5, 5.41) is 8.73. The largest absolute Gasteiger partial charge is 0.482 e. The molecule has 0 aliphatic carbocycles. The Morgan fingerprint density at radius 3 is 2.42 bits per heavy atom. The van der Waals surface area contributed by atoms with Gasteiger partial charge in [-0.05, 0) is 55.7 Å². The number of hydrogen-bond donors (Lipinski definition) is 3. The predicted molar refractivity (Wildman–Crippen MR) is 119 cm³/mol. The summed E-state index contributed by atoms with van der Waals surface area (Å²) in [5.41, 5.74) is 6.11. The highest BCUT2D eigenvalue weighted by atomic mass is 32.2. The smallest absolute Gasteiger partial charge is 0.341 e. The van der Waals surface area contributed by atoms with Crippen LogP contribution in [0.25, 0.3) is 0 Å². The van der Waals surface area contributed by atoms with Crippen LogP contribution in [0.2, 0.25) is 0 Å². The summed E-state index contributed by atoms with van der Waals surface area (Å²) in [6.45, 7) is 1.76. The minimum Gasteiger partial charge on any atom is -0.482 e. The van der Waals surface area contributed by atoms with Gasteiger partial charge in [-0.3, -0.25) is 14.3 Å². The van der Waals surface area contributed by atoms with Gasteiger partial charge in [-0.25, -0.2) is 13.2 Å². The van der Waals surface area contributed by atoms with E-state index in [-0.39, 0.29) is 39.6 Å². The van der Waals surface area contributed by atoms with Crippen molar-refractivity contribution >= 4 is 33.5 Å². The molecule has 0 bridgehead atoms. The van der Waals surface area contributed by atoms with Crippen LogP contribution >= 0.6 is 0 Å². The number of nitrogens with two attached hydrogens (primary N) is 1. The number of carboxylic acids is 1. The molecule has 10 nitrogen and oxygen atoms in total. The monoisotopic (exact) mass is 475 g/mol. The first-order valence-corrected chi connectivity index (χ1v) is 11.7. The highest BCUT2D eigenvalue weighted by Gasteiger charge is 2.28. The van der Waals surface area contributed by atoms with E-state index in [4.69, 9.17) is 15.6 Å². The quantitative estimate of drug-likeness (QED) is 0.523. The number of para-hydroxylation sites is 1. The van der Waals surface area contributed by atoms with Gasteiger partial charge in [0, 0.05) is 19.0 Å². The third-order valence-electron chi connectivity index (χ3n) is 5.39. The van der Waals surface area contributed by atoms with Crippen molar-refractivity contribution < 1.29 is 32.6 Å². The Kier molecular flexibility index (Phi) is 7.22. The zero-order valence-electron chi connectivity index (χ0n) is 18.0. The number of nitrogens with one attached hydrogen (secondary N) is 1. The van der Waals surface area contributed by atoms with Crippen LogP contribution in [0, 0.1) is 12.8 Å². The van der Waals surface area contributed by atoms with Gasteiger partial charge in [0.05, 0.1) is 16.1 Å². The lowest BCUT2D eigenvalue weighted by Gasteiger charge is -2.31. The average molecular weight is 476 g/mol. The highest BCUT2D eigenvalue weighted by molar-refractivity contribution is 7.92. The molecule has 0 aromatic heterocycles. The van der Waals surface area contributed by atoms with Gasteiger partial charge in [0.2, 0.25) is 5.91 Å². The highest BCUT2D eigenvalue weighted by Crippen LogP contribution is 2.26. The van der Waals surface area contributed by atoms with E-state index < -0.39 is 22.6 Å². The predicted octanol–water partition coefficient (Wildman–Crippen LogP) is 1.60. The van der Waals surface area contributed by atoms with E-state index in [1.807, 2.05) is 0 Å². The number of aliphatic carboxylic acids is 1. The molecule has 0 spiro atoms. The maximum atomic E-state index is 13.1. The van der Waals surface area contributed by atoms with Crippen molar-refractivity contribution in [3.8, 4) is 5.75 Å². The Labute approximate surface area is 191 Å². The van der Waals surface area contributed by atoms with Crippen LogP contribution in [0.5, 0.6) is 5.75 Å². The Bertz CT molecular complexity index is 1170. The van der Waals surface area contributed by atoms with Crippen LogP contribution in [0.4, 0.5) is 5.69 Å². The molecular formula is C22H25N3O7S. The zero-order chi connectivity index (χ0) is 24.2. The fourth-order valence-corrected chi connectivity index (χ4v) is 4.75. The van der Waals surface area contributed by atoms with Crippen molar-refractivity contribution in [1.82, 2.24) is 4.90 Å². The second-order valence-electron chi connectivity index (χ2n) is 7.73. The van der Waals surface area contributed by atoms with E-state index >= 15 is 0 Å². The van der Waals surface area contributed by atoms with Gasteiger partial charge in [-0.15, -0.1) is 0 Å². The molecule has 176 valence electrons. The van der Waals surface area contributed by atoms with Crippen molar-refractivity contribution in [2.75, 3.05) is 24.4 Å². The van der Waals surface area contributed by atoms with Crippen LogP contribution < -0.4 is 15.2 Å². The van der Waals surface area contributed by atoms with Gasteiger partial charge in [0.15, 0.2) is 6.61 Å². The van der Waals surface area contributed by atoms with Crippen LogP contribution in [0.3, 0.4) is 0 Å². The molecule has 1 aliphatic rings. The van der Waals surface area contributed by atoms with Gasteiger partial charge in [0.25, 0.3) is 15.9 Å². The van der Waals surface area contributed by atoms with E-state index in [2.05, 4.69) is 4.72 Å². The van der Waals surface area contributed by atoms with Gasteiger partial charge in [-0.2, -0.15) is 0 Å². The number of sulfonamides is 1. The number of aryl methyl sites for hydroxylation is 1. The summed E-state index contributed by atoms with van der Waals surface area (Å²) in [7, 11) is -4.04. The van der Waals surface area contributed by atoms with Crippen LogP contribution in [-0.2, 0) is 19.6 Å². The second kappa shape index (κ2) is 9.90. The topological polar surface area (TPSA) is 156 Å². The van der Waals surface area contributed by atoms with Crippen molar-refractivity contribution in [3.05, 3.63) is 53.6 Å². The normalized spacial score (nSPS) is 14.5. The molecule has 1 heterocycles. The first-order valence-electron chi connectivity index (χ1n) is 10.2. The summed E-state index contributed by atoms with van der Waals surface area (Å²) in [5.74, 6) is -1.89. The summed E-state index contributed by atoms with van der Waals surface area (Å²) in [6, 6.07) is 10.3. The molecule has 1 saturated heterocycles. The number of carbonyl (C=O) groups is 3. The minimum absolute atomic E-state index is 0.0628. The van der Waals surface area contributed by atoms with E-state index in [0.29, 0.717) is 31.5 Å². The lowest BCUT2D eigenvalue weighted by Crippen LogP contribution is -2.42. The van der Waals surface area contributed by atoms with Gasteiger partial charge >= 0.3 is 5.97 Å². The number of amides is 2. The molecule has 2 amide bonds. The van der Waals surface area contributed by atoms with Gasteiger partial charge < -0.3 is 20.5 Å². The second-order valence-corrected chi connectivity index (χ2v) is 9.41. The van der Waals surface area contributed by atoms with Crippen LogP contribution in [0.1, 0.15) is 28.8 Å². The molecule has 33 heavy (non-hydrogen) atoms. The first kappa shape index (κ1) is 24.1. The number of likely N-dealkylation sites (tertiary alicyclic amines) is 1. The Morgan fingerprint density at radius 1 is 1.15 bits per heavy atom. The van der Waals surface area contributed by atoms with Gasteiger partial charge in [-0.1, -0.05) is 12.1 Å². The number of anilines is 1. The number of piperidine rings is 1. The molecule has 0 unspecified atom stereocenters.